The summed E-state index contributed by atoms with van der Waals surface area (Å²) in [6, 6.07) is 10.7. The molecule has 5 heteroatoms. The Balaban J connectivity index is 2.45. The van der Waals surface area contributed by atoms with Crippen LogP contribution in [-0.2, 0) is 0 Å². The fraction of sp³-hybridized carbons (Fsp3) is 0.133. The van der Waals surface area contributed by atoms with E-state index < -0.39 is 0 Å². The Bertz CT molecular complexity index is 658. The Kier molecular flexibility index (Phi) is 4.47. The molecule has 0 bridgehead atoms. The number of hydrogen-bond acceptors (Lipinski definition) is 3. The lowest BCUT2D eigenvalue weighted by Gasteiger charge is -2.13. The van der Waals surface area contributed by atoms with Crippen LogP contribution in [0.3, 0.4) is 0 Å². The maximum atomic E-state index is 5.99. The van der Waals surface area contributed by atoms with Crippen molar-refractivity contribution >= 4 is 28.8 Å². The fourth-order valence-corrected chi connectivity index (χ4v) is 2.05. The minimum absolute atomic E-state index is 0.266. The molecule has 2 aromatic rings. The summed E-state index contributed by atoms with van der Waals surface area (Å²) in [4.78, 5) is 0.266. The maximum absolute atomic E-state index is 5.99. The minimum Gasteiger partial charge on any atom is -0.497 e. The van der Waals surface area contributed by atoms with Crippen LogP contribution in [0.1, 0.15) is 11.1 Å². The second kappa shape index (κ2) is 6.11. The Morgan fingerprint density at radius 3 is 2.55 bits per heavy atom. The number of methoxy groups -OCH3 is 1. The first-order valence-corrected chi connectivity index (χ1v) is 6.71. The largest absolute Gasteiger partial charge is 0.497 e. The summed E-state index contributed by atoms with van der Waals surface area (Å²) in [5.41, 5.74) is 7.33. The molecule has 0 spiro atoms. The molecule has 0 saturated heterocycles. The van der Waals surface area contributed by atoms with E-state index in [1.165, 1.54) is 0 Å². The van der Waals surface area contributed by atoms with Gasteiger partial charge in [0, 0.05) is 11.1 Å². The SMILES string of the molecule is COc1ccc(C(N)=S)c(Oc2cc(Cl)ccc2C)c1. The second-order valence-corrected chi connectivity index (χ2v) is 5.11. The number of nitrogens with two attached hydrogens (primary N) is 1. The third kappa shape index (κ3) is 3.21. The van der Waals surface area contributed by atoms with Crippen molar-refractivity contribution < 1.29 is 9.47 Å². The molecule has 0 aliphatic heterocycles. The molecule has 20 heavy (non-hydrogen) atoms. The molecule has 2 rings (SSSR count). The van der Waals surface area contributed by atoms with Crippen LogP contribution in [0, 0.1) is 6.92 Å². The highest BCUT2D eigenvalue weighted by molar-refractivity contribution is 7.80. The van der Waals surface area contributed by atoms with Crippen molar-refractivity contribution in [3.63, 3.8) is 0 Å². The van der Waals surface area contributed by atoms with Crippen molar-refractivity contribution in [3.05, 3.63) is 52.5 Å². The van der Waals surface area contributed by atoms with Gasteiger partial charge in [-0.15, -0.1) is 0 Å². The van der Waals surface area contributed by atoms with Gasteiger partial charge in [0.25, 0.3) is 0 Å². The van der Waals surface area contributed by atoms with Crippen molar-refractivity contribution in [2.45, 2.75) is 6.92 Å². The Hall–Kier alpha value is -1.78. The molecular formula is C15H14ClNO2S. The van der Waals surface area contributed by atoms with Gasteiger partial charge in [-0.1, -0.05) is 29.9 Å². The highest BCUT2D eigenvalue weighted by Crippen LogP contribution is 2.32. The van der Waals surface area contributed by atoms with Crippen LogP contribution in [-0.4, -0.2) is 12.1 Å². The van der Waals surface area contributed by atoms with E-state index in [9.17, 15) is 0 Å². The third-order valence-corrected chi connectivity index (χ3v) is 3.28. The molecule has 0 unspecified atom stereocenters. The van der Waals surface area contributed by atoms with Crippen LogP contribution < -0.4 is 15.2 Å². The van der Waals surface area contributed by atoms with E-state index in [2.05, 4.69) is 0 Å². The average Bonchev–Trinajstić information content (AvgIpc) is 2.42. The van der Waals surface area contributed by atoms with Crippen LogP contribution >= 0.6 is 23.8 Å². The number of aryl methyl sites for hydroxylation is 1. The number of rotatable bonds is 4. The summed E-state index contributed by atoms with van der Waals surface area (Å²) in [6.45, 7) is 1.94. The smallest absolute Gasteiger partial charge is 0.141 e. The first-order valence-electron chi connectivity index (χ1n) is 5.93. The van der Waals surface area contributed by atoms with Crippen LogP contribution in [0.15, 0.2) is 36.4 Å². The normalized spacial score (nSPS) is 10.2. The van der Waals surface area contributed by atoms with Gasteiger partial charge in [0.15, 0.2) is 0 Å². The standard InChI is InChI=1S/C15H14ClNO2S/c1-9-3-4-10(16)7-13(9)19-14-8-11(18-2)5-6-12(14)15(17)20/h3-8H,1-2H3,(H2,17,20). The van der Waals surface area contributed by atoms with Crippen molar-refractivity contribution in [2.24, 2.45) is 5.73 Å². The number of halogens is 1. The number of thiocarbonyl (C=S) groups is 1. The zero-order chi connectivity index (χ0) is 14.7. The molecule has 0 atom stereocenters. The number of ether oxygens (including phenoxy) is 2. The summed E-state index contributed by atoms with van der Waals surface area (Å²) in [7, 11) is 1.59. The Morgan fingerprint density at radius 2 is 1.90 bits per heavy atom. The zero-order valence-corrected chi connectivity index (χ0v) is 12.7. The van der Waals surface area contributed by atoms with E-state index in [-0.39, 0.29) is 4.99 Å². The minimum atomic E-state index is 0.266. The van der Waals surface area contributed by atoms with E-state index in [1.807, 2.05) is 19.1 Å². The van der Waals surface area contributed by atoms with E-state index in [0.717, 1.165) is 5.56 Å². The molecule has 0 aliphatic carbocycles. The van der Waals surface area contributed by atoms with Gasteiger partial charge in [-0.3, -0.25) is 0 Å². The number of benzene rings is 2. The van der Waals surface area contributed by atoms with Gasteiger partial charge in [-0.2, -0.15) is 0 Å². The third-order valence-electron chi connectivity index (χ3n) is 2.82. The number of hydrogen-bond donors (Lipinski definition) is 1. The quantitative estimate of drug-likeness (QED) is 0.864. The highest BCUT2D eigenvalue weighted by Gasteiger charge is 2.11. The Morgan fingerprint density at radius 1 is 1.15 bits per heavy atom. The van der Waals surface area contributed by atoms with Crippen molar-refractivity contribution in [1.29, 1.82) is 0 Å². The van der Waals surface area contributed by atoms with Gasteiger partial charge in [0.1, 0.15) is 22.2 Å². The molecule has 0 saturated carbocycles. The van der Waals surface area contributed by atoms with E-state index in [4.69, 9.17) is 39.0 Å². The van der Waals surface area contributed by atoms with Gasteiger partial charge in [0.05, 0.1) is 12.7 Å². The van der Waals surface area contributed by atoms with Crippen LogP contribution in [0.2, 0.25) is 5.02 Å². The van der Waals surface area contributed by atoms with Crippen molar-refractivity contribution in [1.82, 2.24) is 0 Å². The first-order chi connectivity index (χ1) is 9.51. The van der Waals surface area contributed by atoms with Gasteiger partial charge in [0.2, 0.25) is 0 Å². The summed E-state index contributed by atoms with van der Waals surface area (Å²) in [5, 5.41) is 0.602. The molecule has 3 nitrogen and oxygen atoms in total. The van der Waals surface area contributed by atoms with Gasteiger partial charge >= 0.3 is 0 Å². The molecule has 0 radical (unpaired) electrons. The lowest BCUT2D eigenvalue weighted by Crippen LogP contribution is -2.11. The highest BCUT2D eigenvalue weighted by atomic mass is 35.5. The van der Waals surface area contributed by atoms with Crippen LogP contribution in [0.5, 0.6) is 17.2 Å². The molecule has 0 aromatic heterocycles. The van der Waals surface area contributed by atoms with E-state index in [0.29, 0.717) is 27.8 Å². The fourth-order valence-electron chi connectivity index (χ4n) is 1.72. The topological polar surface area (TPSA) is 44.5 Å². The van der Waals surface area contributed by atoms with Crippen molar-refractivity contribution in [2.75, 3.05) is 7.11 Å². The summed E-state index contributed by atoms with van der Waals surface area (Å²) >= 11 is 11.0. The molecule has 104 valence electrons. The molecule has 2 aromatic carbocycles. The monoisotopic (exact) mass is 307 g/mol. The van der Waals surface area contributed by atoms with Gasteiger partial charge < -0.3 is 15.2 Å². The summed E-state index contributed by atoms with van der Waals surface area (Å²) < 4.78 is 11.1. The molecule has 0 fully saturated rings. The maximum Gasteiger partial charge on any atom is 0.141 e. The second-order valence-electron chi connectivity index (χ2n) is 4.24. The van der Waals surface area contributed by atoms with Crippen LogP contribution in [0.4, 0.5) is 0 Å². The van der Waals surface area contributed by atoms with Gasteiger partial charge in [-0.05, 0) is 36.8 Å². The molecular weight excluding hydrogens is 294 g/mol. The predicted octanol–water partition coefficient (Wildman–Crippen LogP) is 4.08. The van der Waals surface area contributed by atoms with E-state index >= 15 is 0 Å². The molecule has 0 heterocycles. The lowest BCUT2D eigenvalue weighted by atomic mass is 10.2. The lowest BCUT2D eigenvalue weighted by molar-refractivity contribution is 0.408. The molecule has 2 N–H and O–H groups in total. The molecule has 0 amide bonds. The predicted molar refractivity (Wildman–Crippen MR) is 85.1 cm³/mol. The summed E-state index contributed by atoms with van der Waals surface area (Å²) in [6.07, 6.45) is 0. The average molecular weight is 308 g/mol. The van der Waals surface area contributed by atoms with E-state index in [1.54, 1.807) is 31.4 Å². The van der Waals surface area contributed by atoms with Gasteiger partial charge in [-0.25, -0.2) is 0 Å². The first kappa shape index (κ1) is 14.6. The van der Waals surface area contributed by atoms with Crippen LogP contribution in [0.25, 0.3) is 0 Å². The summed E-state index contributed by atoms with van der Waals surface area (Å²) in [5.74, 6) is 1.87. The molecule has 0 aliphatic rings. The zero-order valence-electron chi connectivity index (χ0n) is 11.1. The van der Waals surface area contributed by atoms with Crippen molar-refractivity contribution in [3.8, 4) is 17.2 Å². The Labute approximate surface area is 128 Å².